The van der Waals surface area contributed by atoms with Crippen molar-refractivity contribution in [3.8, 4) is 0 Å². The fourth-order valence-electron chi connectivity index (χ4n) is 3.60. The van der Waals surface area contributed by atoms with Gasteiger partial charge in [0.25, 0.3) is 0 Å². The number of nitrogens with zero attached hydrogens (tertiary/aromatic N) is 1. The minimum atomic E-state index is 0.484. The van der Waals surface area contributed by atoms with E-state index >= 15 is 0 Å². The highest BCUT2D eigenvalue weighted by atomic mass is 15.1. The highest BCUT2D eigenvalue weighted by molar-refractivity contribution is 5.26. The maximum Gasteiger partial charge on any atom is 0.00494 e. The van der Waals surface area contributed by atoms with Gasteiger partial charge in [0.15, 0.2) is 0 Å². The molecule has 0 N–H and O–H groups in total. The summed E-state index contributed by atoms with van der Waals surface area (Å²) in [5.41, 5.74) is 3.38. The highest BCUT2D eigenvalue weighted by Gasteiger charge is 2.36. The van der Waals surface area contributed by atoms with Crippen molar-refractivity contribution in [2.45, 2.75) is 51.9 Å². The zero-order valence-electron chi connectivity index (χ0n) is 13.1. The fraction of sp³-hybridized carbons (Fsp3) is 0.667. The summed E-state index contributed by atoms with van der Waals surface area (Å²) < 4.78 is 0. The van der Waals surface area contributed by atoms with E-state index in [1.54, 1.807) is 0 Å². The molecule has 0 aliphatic heterocycles. The molecule has 1 fully saturated rings. The van der Waals surface area contributed by atoms with Gasteiger partial charge in [-0.25, -0.2) is 0 Å². The van der Waals surface area contributed by atoms with Crippen molar-refractivity contribution in [1.29, 1.82) is 0 Å². The molecule has 1 aliphatic rings. The Kier molecular flexibility index (Phi) is 4.67. The first kappa shape index (κ1) is 14.6. The Hall–Kier alpha value is -0.820. The van der Waals surface area contributed by atoms with Crippen molar-refractivity contribution in [3.05, 3.63) is 35.4 Å². The number of aryl methyl sites for hydroxylation is 1. The number of hydrogen-bond donors (Lipinski definition) is 0. The SMILES string of the molecule is Cc1ccc(C(CN(C)C)C2(C)CCCCC2)cc1. The van der Waals surface area contributed by atoms with E-state index in [1.807, 2.05) is 0 Å². The smallest absolute Gasteiger partial charge is 0.00494 e. The van der Waals surface area contributed by atoms with Crippen LogP contribution in [0, 0.1) is 12.3 Å². The lowest BCUT2D eigenvalue weighted by atomic mass is 9.65. The molecular formula is C18H29N. The van der Waals surface area contributed by atoms with Crippen LogP contribution in [0.5, 0.6) is 0 Å². The third-order valence-electron chi connectivity index (χ3n) is 4.86. The first-order valence-electron chi connectivity index (χ1n) is 7.72. The van der Waals surface area contributed by atoms with Crippen LogP contribution in [0.1, 0.15) is 56.1 Å². The molecule has 0 aromatic heterocycles. The molecule has 1 nitrogen and oxygen atoms in total. The van der Waals surface area contributed by atoms with Gasteiger partial charge >= 0.3 is 0 Å². The van der Waals surface area contributed by atoms with Gasteiger partial charge in [-0.05, 0) is 44.8 Å². The predicted octanol–water partition coefficient (Wildman–Crippen LogP) is 4.61. The summed E-state index contributed by atoms with van der Waals surface area (Å²) in [7, 11) is 4.40. The molecule has 1 atom stereocenters. The standard InChI is InChI=1S/C18H29N/c1-15-8-10-16(11-9-15)17(14-19(3)4)18(2)12-6-5-7-13-18/h8-11,17H,5-7,12-14H2,1-4H3. The lowest BCUT2D eigenvalue weighted by molar-refractivity contribution is 0.143. The van der Waals surface area contributed by atoms with E-state index < -0.39 is 0 Å². The van der Waals surface area contributed by atoms with Crippen LogP contribution >= 0.6 is 0 Å². The first-order chi connectivity index (χ1) is 9.01. The number of benzene rings is 1. The van der Waals surface area contributed by atoms with Gasteiger partial charge in [0.2, 0.25) is 0 Å². The third-order valence-corrected chi connectivity index (χ3v) is 4.86. The van der Waals surface area contributed by atoms with Gasteiger partial charge in [-0.1, -0.05) is 56.0 Å². The molecule has 0 heterocycles. The Labute approximate surface area is 119 Å². The van der Waals surface area contributed by atoms with Crippen LogP contribution in [0.25, 0.3) is 0 Å². The summed E-state index contributed by atoms with van der Waals surface area (Å²) in [6, 6.07) is 9.24. The van der Waals surface area contributed by atoms with Crippen LogP contribution in [0.3, 0.4) is 0 Å². The van der Waals surface area contributed by atoms with Crippen molar-refractivity contribution in [3.63, 3.8) is 0 Å². The molecule has 1 aliphatic carbocycles. The summed E-state index contributed by atoms with van der Waals surface area (Å²) in [5.74, 6) is 0.670. The van der Waals surface area contributed by atoms with Crippen LogP contribution < -0.4 is 0 Å². The van der Waals surface area contributed by atoms with E-state index in [1.165, 1.54) is 49.8 Å². The third kappa shape index (κ3) is 3.60. The van der Waals surface area contributed by atoms with Crippen LogP contribution in [-0.4, -0.2) is 25.5 Å². The van der Waals surface area contributed by atoms with E-state index in [2.05, 4.69) is 57.1 Å². The number of rotatable bonds is 4. The average Bonchev–Trinajstić information content (AvgIpc) is 2.38. The van der Waals surface area contributed by atoms with Crippen LogP contribution in [-0.2, 0) is 0 Å². The number of hydrogen-bond acceptors (Lipinski definition) is 1. The lowest BCUT2D eigenvalue weighted by Crippen LogP contribution is -2.35. The zero-order chi connectivity index (χ0) is 13.9. The van der Waals surface area contributed by atoms with Crippen LogP contribution in [0.15, 0.2) is 24.3 Å². The molecule has 1 aromatic carbocycles. The fourth-order valence-corrected chi connectivity index (χ4v) is 3.60. The van der Waals surface area contributed by atoms with Crippen molar-refractivity contribution in [1.82, 2.24) is 4.90 Å². The van der Waals surface area contributed by atoms with Gasteiger partial charge in [-0.2, -0.15) is 0 Å². The summed E-state index contributed by atoms with van der Waals surface area (Å²) in [6.45, 7) is 5.85. The van der Waals surface area contributed by atoms with Gasteiger partial charge in [0, 0.05) is 12.5 Å². The molecule has 0 amide bonds. The Bertz CT molecular complexity index is 385. The molecule has 1 aromatic rings. The van der Waals surface area contributed by atoms with Gasteiger partial charge in [0.05, 0.1) is 0 Å². The maximum atomic E-state index is 2.51. The molecule has 0 radical (unpaired) electrons. The second kappa shape index (κ2) is 6.09. The van der Waals surface area contributed by atoms with Crippen molar-refractivity contribution >= 4 is 0 Å². The quantitative estimate of drug-likeness (QED) is 0.763. The Morgan fingerprint density at radius 2 is 1.63 bits per heavy atom. The van der Waals surface area contributed by atoms with Crippen molar-refractivity contribution in [2.75, 3.05) is 20.6 Å². The lowest BCUT2D eigenvalue weighted by Gasteiger charge is -2.42. The number of likely N-dealkylation sites (N-methyl/N-ethyl adjacent to an activating group) is 1. The van der Waals surface area contributed by atoms with Gasteiger partial charge in [0.1, 0.15) is 0 Å². The second-order valence-electron chi connectivity index (χ2n) is 6.94. The first-order valence-corrected chi connectivity index (χ1v) is 7.72. The van der Waals surface area contributed by atoms with E-state index in [-0.39, 0.29) is 0 Å². The maximum absolute atomic E-state index is 2.51. The molecular weight excluding hydrogens is 230 g/mol. The molecule has 1 heteroatoms. The van der Waals surface area contributed by atoms with E-state index in [4.69, 9.17) is 0 Å². The largest absolute Gasteiger partial charge is 0.309 e. The minimum absolute atomic E-state index is 0.484. The molecule has 0 spiro atoms. The monoisotopic (exact) mass is 259 g/mol. The molecule has 1 unspecified atom stereocenters. The highest BCUT2D eigenvalue weighted by Crippen LogP contribution is 2.47. The normalized spacial score (nSPS) is 20.5. The van der Waals surface area contributed by atoms with Gasteiger partial charge in [-0.3, -0.25) is 0 Å². The molecule has 19 heavy (non-hydrogen) atoms. The van der Waals surface area contributed by atoms with E-state index in [0.717, 1.165) is 0 Å². The van der Waals surface area contributed by atoms with Gasteiger partial charge in [-0.15, -0.1) is 0 Å². The molecule has 106 valence electrons. The average molecular weight is 259 g/mol. The Balaban J connectivity index is 2.26. The van der Waals surface area contributed by atoms with Crippen molar-refractivity contribution < 1.29 is 0 Å². The Morgan fingerprint density at radius 3 is 2.16 bits per heavy atom. The summed E-state index contributed by atoms with van der Waals surface area (Å²) in [5, 5.41) is 0. The van der Waals surface area contributed by atoms with E-state index in [9.17, 15) is 0 Å². The summed E-state index contributed by atoms with van der Waals surface area (Å²) in [6.07, 6.45) is 7.02. The summed E-state index contributed by atoms with van der Waals surface area (Å²) in [4.78, 5) is 2.35. The predicted molar refractivity (Wildman–Crippen MR) is 83.7 cm³/mol. The van der Waals surface area contributed by atoms with Crippen LogP contribution in [0.2, 0.25) is 0 Å². The molecule has 0 saturated heterocycles. The van der Waals surface area contributed by atoms with Crippen LogP contribution in [0.4, 0.5) is 0 Å². The molecule has 2 rings (SSSR count). The second-order valence-corrected chi connectivity index (χ2v) is 6.94. The molecule has 1 saturated carbocycles. The van der Waals surface area contributed by atoms with Crippen molar-refractivity contribution in [2.24, 2.45) is 5.41 Å². The zero-order valence-corrected chi connectivity index (χ0v) is 13.1. The summed E-state index contributed by atoms with van der Waals surface area (Å²) >= 11 is 0. The molecule has 0 bridgehead atoms. The topological polar surface area (TPSA) is 3.24 Å². The minimum Gasteiger partial charge on any atom is -0.309 e. The Morgan fingerprint density at radius 1 is 1.05 bits per heavy atom. The van der Waals surface area contributed by atoms with Gasteiger partial charge < -0.3 is 4.90 Å². The van der Waals surface area contributed by atoms with E-state index in [0.29, 0.717) is 11.3 Å².